The Morgan fingerprint density at radius 1 is 1.11 bits per heavy atom. The van der Waals surface area contributed by atoms with Gasteiger partial charge < -0.3 is 15.6 Å². The van der Waals surface area contributed by atoms with Crippen LogP contribution in [0.25, 0.3) is 22.6 Å². The topological polar surface area (TPSA) is 70.8 Å². The SMILES string of the molecule is CN(C)c1ccc2[nH]c(-c3cccc(N)c3)nc2n1. The minimum atomic E-state index is 0.712. The van der Waals surface area contributed by atoms with Gasteiger partial charge in [0.1, 0.15) is 11.6 Å². The van der Waals surface area contributed by atoms with Crippen LogP contribution in [0.2, 0.25) is 0 Å². The second-order valence-electron chi connectivity index (χ2n) is 4.65. The highest BCUT2D eigenvalue weighted by atomic mass is 15.1. The van der Waals surface area contributed by atoms with E-state index < -0.39 is 0 Å². The Labute approximate surface area is 111 Å². The van der Waals surface area contributed by atoms with Crippen LogP contribution < -0.4 is 10.6 Å². The first kappa shape index (κ1) is 11.5. The van der Waals surface area contributed by atoms with Crippen LogP contribution in [0, 0.1) is 0 Å². The van der Waals surface area contributed by atoms with Crippen molar-refractivity contribution in [2.24, 2.45) is 0 Å². The number of hydrogen-bond donors (Lipinski definition) is 2. The fraction of sp³-hybridized carbons (Fsp3) is 0.143. The Hall–Kier alpha value is -2.56. The van der Waals surface area contributed by atoms with E-state index >= 15 is 0 Å². The Morgan fingerprint density at radius 3 is 2.68 bits per heavy atom. The predicted molar refractivity (Wildman–Crippen MR) is 78.1 cm³/mol. The molecule has 3 N–H and O–H groups in total. The zero-order valence-electron chi connectivity index (χ0n) is 10.9. The highest BCUT2D eigenvalue weighted by Gasteiger charge is 2.08. The molecular formula is C14H15N5. The van der Waals surface area contributed by atoms with Gasteiger partial charge in [0.25, 0.3) is 0 Å². The quantitative estimate of drug-likeness (QED) is 0.687. The third kappa shape index (κ3) is 2.10. The zero-order chi connectivity index (χ0) is 13.4. The van der Waals surface area contributed by atoms with E-state index in [0.717, 1.165) is 28.4 Å². The summed E-state index contributed by atoms with van der Waals surface area (Å²) in [4.78, 5) is 14.2. The highest BCUT2D eigenvalue weighted by Crippen LogP contribution is 2.22. The number of aromatic nitrogens is 3. The molecule has 0 unspecified atom stereocenters. The third-order valence-corrected chi connectivity index (χ3v) is 2.95. The van der Waals surface area contributed by atoms with Crippen LogP contribution in [0.15, 0.2) is 36.4 Å². The molecule has 0 fully saturated rings. The van der Waals surface area contributed by atoms with E-state index in [2.05, 4.69) is 15.0 Å². The summed E-state index contributed by atoms with van der Waals surface area (Å²) in [6.07, 6.45) is 0. The van der Waals surface area contributed by atoms with Crippen molar-refractivity contribution in [3.05, 3.63) is 36.4 Å². The summed E-state index contributed by atoms with van der Waals surface area (Å²) in [7, 11) is 3.92. The summed E-state index contributed by atoms with van der Waals surface area (Å²) >= 11 is 0. The third-order valence-electron chi connectivity index (χ3n) is 2.95. The van der Waals surface area contributed by atoms with Crippen LogP contribution in [-0.2, 0) is 0 Å². The molecule has 0 aliphatic rings. The van der Waals surface area contributed by atoms with E-state index in [1.165, 1.54) is 0 Å². The number of rotatable bonds is 2. The van der Waals surface area contributed by atoms with Gasteiger partial charge in [0.2, 0.25) is 0 Å². The van der Waals surface area contributed by atoms with Crippen LogP contribution in [0.4, 0.5) is 11.5 Å². The van der Waals surface area contributed by atoms with Gasteiger partial charge >= 0.3 is 0 Å². The number of pyridine rings is 1. The van der Waals surface area contributed by atoms with Crippen molar-refractivity contribution in [2.45, 2.75) is 0 Å². The van der Waals surface area contributed by atoms with E-state index in [4.69, 9.17) is 5.73 Å². The predicted octanol–water partition coefficient (Wildman–Crippen LogP) is 2.27. The second-order valence-corrected chi connectivity index (χ2v) is 4.65. The number of anilines is 2. The molecule has 19 heavy (non-hydrogen) atoms. The van der Waals surface area contributed by atoms with Crippen molar-refractivity contribution in [1.82, 2.24) is 15.0 Å². The van der Waals surface area contributed by atoms with Crippen LogP contribution in [-0.4, -0.2) is 29.0 Å². The molecule has 0 atom stereocenters. The van der Waals surface area contributed by atoms with Gasteiger partial charge in [-0.3, -0.25) is 0 Å². The van der Waals surface area contributed by atoms with E-state index in [1.54, 1.807) is 0 Å². The number of hydrogen-bond acceptors (Lipinski definition) is 4. The van der Waals surface area contributed by atoms with Crippen molar-refractivity contribution in [1.29, 1.82) is 0 Å². The maximum atomic E-state index is 5.79. The van der Waals surface area contributed by atoms with Gasteiger partial charge in [-0.15, -0.1) is 0 Å². The fourth-order valence-electron chi connectivity index (χ4n) is 1.95. The molecule has 0 aliphatic carbocycles. The van der Waals surface area contributed by atoms with Crippen LogP contribution in [0.5, 0.6) is 0 Å². The van der Waals surface area contributed by atoms with E-state index in [9.17, 15) is 0 Å². The molecule has 0 saturated carbocycles. The van der Waals surface area contributed by atoms with Gasteiger partial charge in [0.05, 0.1) is 5.52 Å². The maximum absolute atomic E-state index is 5.79. The Bertz CT molecular complexity index is 730. The molecule has 0 amide bonds. The zero-order valence-corrected chi connectivity index (χ0v) is 10.9. The average Bonchev–Trinajstić information content (AvgIpc) is 2.81. The number of aromatic amines is 1. The molecule has 0 aliphatic heterocycles. The Morgan fingerprint density at radius 2 is 1.95 bits per heavy atom. The molecule has 2 heterocycles. The first-order valence-electron chi connectivity index (χ1n) is 6.03. The summed E-state index contributed by atoms with van der Waals surface area (Å²) in [5.74, 6) is 1.67. The molecule has 3 rings (SSSR count). The number of benzene rings is 1. The lowest BCUT2D eigenvalue weighted by atomic mass is 10.2. The van der Waals surface area contributed by atoms with E-state index in [-0.39, 0.29) is 0 Å². The van der Waals surface area contributed by atoms with Gasteiger partial charge in [0.15, 0.2) is 5.65 Å². The van der Waals surface area contributed by atoms with Gasteiger partial charge in [-0.05, 0) is 24.3 Å². The van der Waals surface area contributed by atoms with Crippen molar-refractivity contribution in [3.8, 4) is 11.4 Å². The lowest BCUT2D eigenvalue weighted by Gasteiger charge is -2.09. The molecular weight excluding hydrogens is 238 g/mol. The summed E-state index contributed by atoms with van der Waals surface area (Å²) in [6.45, 7) is 0. The Kier molecular flexibility index (Phi) is 2.59. The molecule has 0 saturated heterocycles. The van der Waals surface area contributed by atoms with Crippen molar-refractivity contribution >= 4 is 22.7 Å². The smallest absolute Gasteiger partial charge is 0.180 e. The van der Waals surface area contributed by atoms with Crippen molar-refractivity contribution in [3.63, 3.8) is 0 Å². The number of imidazole rings is 1. The number of nitrogen functional groups attached to an aromatic ring is 1. The maximum Gasteiger partial charge on any atom is 0.180 e. The van der Waals surface area contributed by atoms with Crippen LogP contribution >= 0.6 is 0 Å². The van der Waals surface area contributed by atoms with Crippen molar-refractivity contribution < 1.29 is 0 Å². The first-order chi connectivity index (χ1) is 9.13. The molecule has 0 bridgehead atoms. The molecule has 1 aromatic carbocycles. The lowest BCUT2D eigenvalue weighted by molar-refractivity contribution is 1.08. The van der Waals surface area contributed by atoms with Gasteiger partial charge in [0, 0.05) is 25.3 Å². The number of H-pyrrole nitrogens is 1. The molecule has 96 valence electrons. The number of nitrogens with two attached hydrogens (primary N) is 1. The largest absolute Gasteiger partial charge is 0.399 e. The monoisotopic (exact) mass is 253 g/mol. The van der Waals surface area contributed by atoms with Gasteiger partial charge in [-0.25, -0.2) is 9.97 Å². The van der Waals surface area contributed by atoms with Crippen molar-refractivity contribution in [2.75, 3.05) is 24.7 Å². The second kappa shape index (κ2) is 4.28. The number of nitrogens with one attached hydrogen (secondary N) is 1. The van der Waals surface area contributed by atoms with Gasteiger partial charge in [-0.2, -0.15) is 0 Å². The molecule has 3 aromatic rings. The molecule has 2 aromatic heterocycles. The van der Waals surface area contributed by atoms with E-state index in [0.29, 0.717) is 5.65 Å². The minimum Gasteiger partial charge on any atom is -0.399 e. The average molecular weight is 253 g/mol. The van der Waals surface area contributed by atoms with E-state index in [1.807, 2.05) is 55.4 Å². The normalized spacial score (nSPS) is 10.8. The molecule has 0 spiro atoms. The summed E-state index contributed by atoms with van der Waals surface area (Å²) in [5.41, 5.74) is 9.11. The molecule has 0 radical (unpaired) electrons. The molecule has 5 heteroatoms. The lowest BCUT2D eigenvalue weighted by Crippen LogP contribution is -2.10. The summed E-state index contributed by atoms with van der Waals surface area (Å²) < 4.78 is 0. The highest BCUT2D eigenvalue weighted by molar-refractivity contribution is 5.78. The summed E-state index contributed by atoms with van der Waals surface area (Å²) in [6, 6.07) is 11.6. The number of nitrogens with zero attached hydrogens (tertiary/aromatic N) is 3. The van der Waals surface area contributed by atoms with Gasteiger partial charge in [-0.1, -0.05) is 12.1 Å². The first-order valence-corrected chi connectivity index (χ1v) is 6.03. The fourth-order valence-corrected chi connectivity index (χ4v) is 1.95. The summed E-state index contributed by atoms with van der Waals surface area (Å²) in [5, 5.41) is 0. The van der Waals surface area contributed by atoms with Crippen LogP contribution in [0.3, 0.4) is 0 Å². The molecule has 5 nitrogen and oxygen atoms in total. The van der Waals surface area contributed by atoms with Crippen LogP contribution in [0.1, 0.15) is 0 Å². The standard InChI is InChI=1S/C14H15N5/c1-19(2)12-7-6-11-14(17-12)18-13(16-11)9-4-3-5-10(15)8-9/h3-8H,15H2,1-2H3,(H,16,17,18). The Balaban J connectivity index is 2.11. The minimum absolute atomic E-state index is 0.712. The number of fused-ring (bicyclic) bond motifs is 1.